The number of urea groups is 1. The summed E-state index contributed by atoms with van der Waals surface area (Å²) < 4.78 is 4.96. The van der Waals surface area contributed by atoms with E-state index in [1.807, 2.05) is 0 Å². The normalized spacial score (nSPS) is 11.3. The van der Waals surface area contributed by atoms with Crippen LogP contribution in [0.15, 0.2) is 48.5 Å². The van der Waals surface area contributed by atoms with Gasteiger partial charge in [-0.25, -0.2) is 4.79 Å². The lowest BCUT2D eigenvalue weighted by Crippen LogP contribution is -2.35. The van der Waals surface area contributed by atoms with Gasteiger partial charge in [-0.3, -0.25) is 9.59 Å². The molecule has 0 aliphatic heterocycles. The number of esters is 1. The Kier molecular flexibility index (Phi) is 7.45. The Hall–Kier alpha value is -2.77. The minimum Gasteiger partial charge on any atom is -0.455 e. The molecule has 2 rings (SSSR count). The number of ether oxygens (including phenoxy) is 1. The fourth-order valence-corrected chi connectivity index (χ4v) is 2.66. The Bertz CT molecular complexity index is 828. The van der Waals surface area contributed by atoms with Gasteiger partial charge in [-0.15, -0.1) is 0 Å². The Labute approximate surface area is 165 Å². The van der Waals surface area contributed by atoms with Crippen molar-refractivity contribution in [2.24, 2.45) is 5.73 Å². The molecule has 1 unspecified atom stereocenters. The lowest BCUT2D eigenvalue weighted by Gasteiger charge is -2.18. The van der Waals surface area contributed by atoms with Crippen molar-refractivity contribution in [2.75, 3.05) is 11.9 Å². The smallest absolute Gasteiger partial charge is 0.312 e. The van der Waals surface area contributed by atoms with Crippen LogP contribution in [0, 0.1) is 0 Å². The fraction of sp³-hybridized carbons (Fsp3) is 0.167. The molecule has 4 N–H and O–H groups in total. The summed E-state index contributed by atoms with van der Waals surface area (Å²) >= 11 is 11.9. The van der Waals surface area contributed by atoms with Crippen molar-refractivity contribution in [3.05, 3.63) is 64.1 Å². The van der Waals surface area contributed by atoms with Gasteiger partial charge < -0.3 is 21.1 Å². The summed E-state index contributed by atoms with van der Waals surface area (Å²) in [5, 5.41) is 5.91. The van der Waals surface area contributed by atoms with Crippen LogP contribution in [-0.2, 0) is 14.3 Å². The van der Waals surface area contributed by atoms with Gasteiger partial charge in [0.25, 0.3) is 5.91 Å². The van der Waals surface area contributed by atoms with Gasteiger partial charge in [0.15, 0.2) is 6.61 Å². The van der Waals surface area contributed by atoms with Crippen molar-refractivity contribution in [3.63, 3.8) is 0 Å². The first-order valence-corrected chi connectivity index (χ1v) is 8.62. The topological polar surface area (TPSA) is 111 Å². The van der Waals surface area contributed by atoms with Crippen molar-refractivity contribution in [3.8, 4) is 0 Å². The summed E-state index contributed by atoms with van der Waals surface area (Å²) in [5.41, 5.74) is 6.19. The molecule has 27 heavy (non-hydrogen) atoms. The van der Waals surface area contributed by atoms with Crippen molar-refractivity contribution >= 4 is 46.8 Å². The summed E-state index contributed by atoms with van der Waals surface area (Å²) in [6.07, 6.45) is -0.235. The van der Waals surface area contributed by atoms with Gasteiger partial charge in [-0.2, -0.15) is 0 Å². The molecule has 142 valence electrons. The number of hydrogen-bond donors (Lipinski definition) is 3. The van der Waals surface area contributed by atoms with Gasteiger partial charge in [-0.1, -0.05) is 41.4 Å². The highest BCUT2D eigenvalue weighted by atomic mass is 35.5. The van der Waals surface area contributed by atoms with Crippen LogP contribution in [0.1, 0.15) is 18.0 Å². The van der Waals surface area contributed by atoms with Crippen LogP contribution in [0.2, 0.25) is 10.0 Å². The Morgan fingerprint density at radius 1 is 1.04 bits per heavy atom. The van der Waals surface area contributed by atoms with Gasteiger partial charge in [-0.05, 0) is 35.9 Å². The van der Waals surface area contributed by atoms with Gasteiger partial charge in [0.2, 0.25) is 0 Å². The fourth-order valence-electron chi connectivity index (χ4n) is 2.27. The molecule has 0 saturated heterocycles. The zero-order valence-electron chi connectivity index (χ0n) is 14.1. The molecular formula is C18H17Cl2N3O4. The van der Waals surface area contributed by atoms with E-state index in [2.05, 4.69) is 10.6 Å². The highest BCUT2D eigenvalue weighted by Crippen LogP contribution is 2.25. The van der Waals surface area contributed by atoms with E-state index in [-0.39, 0.29) is 6.42 Å². The summed E-state index contributed by atoms with van der Waals surface area (Å²) in [6.45, 7) is -0.479. The minimum atomic E-state index is -0.812. The molecular weight excluding hydrogens is 393 g/mol. The first kappa shape index (κ1) is 20.5. The number of benzene rings is 2. The number of nitrogens with one attached hydrogen (secondary N) is 2. The Morgan fingerprint density at radius 3 is 2.33 bits per heavy atom. The van der Waals surface area contributed by atoms with Crippen LogP contribution in [0.25, 0.3) is 0 Å². The van der Waals surface area contributed by atoms with Crippen molar-refractivity contribution < 1.29 is 19.1 Å². The summed E-state index contributed by atoms with van der Waals surface area (Å²) in [5.74, 6) is -1.21. The van der Waals surface area contributed by atoms with Crippen molar-refractivity contribution in [2.45, 2.75) is 12.5 Å². The first-order chi connectivity index (χ1) is 12.8. The van der Waals surface area contributed by atoms with Crippen molar-refractivity contribution in [1.82, 2.24) is 5.32 Å². The summed E-state index contributed by atoms with van der Waals surface area (Å²) in [4.78, 5) is 35.1. The van der Waals surface area contributed by atoms with E-state index < -0.39 is 30.6 Å². The maximum atomic E-state index is 12.1. The number of carbonyl (C=O) groups excluding carboxylic acids is 3. The molecule has 7 nitrogen and oxygen atoms in total. The Balaban J connectivity index is 1.91. The van der Waals surface area contributed by atoms with Crippen LogP contribution >= 0.6 is 23.2 Å². The van der Waals surface area contributed by atoms with E-state index in [1.165, 1.54) is 0 Å². The van der Waals surface area contributed by atoms with Gasteiger partial charge in [0.05, 0.1) is 12.5 Å². The van der Waals surface area contributed by atoms with Crippen molar-refractivity contribution in [1.29, 1.82) is 0 Å². The van der Waals surface area contributed by atoms with Crippen LogP contribution in [0.4, 0.5) is 10.5 Å². The minimum absolute atomic E-state index is 0.235. The molecule has 0 aliphatic carbocycles. The van der Waals surface area contributed by atoms with E-state index in [9.17, 15) is 14.4 Å². The second-order valence-electron chi connectivity index (χ2n) is 5.50. The highest BCUT2D eigenvalue weighted by molar-refractivity contribution is 6.31. The highest BCUT2D eigenvalue weighted by Gasteiger charge is 2.21. The molecule has 0 radical (unpaired) electrons. The SMILES string of the molecule is NC(=O)NC(CC(=O)OCC(=O)Nc1ccc(Cl)cc1)c1ccccc1Cl. The third-order valence-electron chi connectivity index (χ3n) is 3.46. The number of carbonyl (C=O) groups is 3. The molecule has 0 bridgehead atoms. The summed E-state index contributed by atoms with van der Waals surface area (Å²) in [6, 6.07) is 11.6. The predicted octanol–water partition coefficient (Wildman–Crippen LogP) is 3.27. The molecule has 0 fully saturated rings. The molecule has 0 saturated carbocycles. The molecule has 3 amide bonds. The first-order valence-electron chi connectivity index (χ1n) is 7.86. The average molecular weight is 410 g/mol. The molecule has 0 spiro atoms. The number of rotatable bonds is 7. The zero-order chi connectivity index (χ0) is 19.8. The average Bonchev–Trinajstić information content (AvgIpc) is 2.61. The molecule has 2 aromatic carbocycles. The lowest BCUT2D eigenvalue weighted by atomic mass is 10.0. The summed E-state index contributed by atoms with van der Waals surface area (Å²) in [7, 11) is 0. The number of hydrogen-bond acceptors (Lipinski definition) is 4. The Morgan fingerprint density at radius 2 is 1.70 bits per heavy atom. The largest absolute Gasteiger partial charge is 0.455 e. The maximum absolute atomic E-state index is 12.1. The number of nitrogens with two attached hydrogens (primary N) is 1. The van der Waals surface area contributed by atoms with Crippen LogP contribution in [0.3, 0.4) is 0 Å². The number of anilines is 1. The third kappa shape index (κ3) is 6.80. The van der Waals surface area contributed by atoms with Crippen LogP contribution < -0.4 is 16.4 Å². The van der Waals surface area contributed by atoms with Crippen LogP contribution in [-0.4, -0.2) is 24.5 Å². The molecule has 9 heteroatoms. The number of primary amides is 1. The van der Waals surface area contributed by atoms with Gasteiger partial charge >= 0.3 is 12.0 Å². The van der Waals surface area contributed by atoms with E-state index in [0.29, 0.717) is 21.3 Å². The second kappa shape index (κ2) is 9.80. The quantitative estimate of drug-likeness (QED) is 0.609. The monoisotopic (exact) mass is 409 g/mol. The second-order valence-corrected chi connectivity index (χ2v) is 6.35. The molecule has 0 aromatic heterocycles. The van der Waals surface area contributed by atoms with Gasteiger partial charge in [0.1, 0.15) is 0 Å². The molecule has 1 atom stereocenters. The number of halogens is 2. The van der Waals surface area contributed by atoms with E-state index in [1.54, 1.807) is 48.5 Å². The molecule has 0 aliphatic rings. The van der Waals surface area contributed by atoms with Gasteiger partial charge in [0, 0.05) is 15.7 Å². The van der Waals surface area contributed by atoms with E-state index >= 15 is 0 Å². The lowest BCUT2D eigenvalue weighted by molar-refractivity contribution is -0.147. The van der Waals surface area contributed by atoms with E-state index in [4.69, 9.17) is 33.7 Å². The van der Waals surface area contributed by atoms with E-state index in [0.717, 1.165) is 0 Å². The molecule has 0 heterocycles. The molecule has 2 aromatic rings. The number of amides is 3. The standard InChI is InChI=1S/C18H17Cl2N3O4/c19-11-5-7-12(8-6-11)22-16(24)10-27-17(25)9-15(23-18(21)26)13-3-1-2-4-14(13)20/h1-8,15H,9-10H2,(H,22,24)(H3,21,23,26). The zero-order valence-corrected chi connectivity index (χ0v) is 15.6. The third-order valence-corrected chi connectivity index (χ3v) is 4.06. The predicted molar refractivity (Wildman–Crippen MR) is 103 cm³/mol. The van der Waals surface area contributed by atoms with Crippen LogP contribution in [0.5, 0.6) is 0 Å². The maximum Gasteiger partial charge on any atom is 0.312 e.